The molecule has 0 aromatic heterocycles. The summed E-state index contributed by atoms with van der Waals surface area (Å²) in [4.78, 5) is 15.4. The summed E-state index contributed by atoms with van der Waals surface area (Å²) >= 11 is 0. The van der Waals surface area contributed by atoms with Gasteiger partial charge in [0.15, 0.2) is 0 Å². The van der Waals surface area contributed by atoms with Gasteiger partial charge < -0.3 is 14.7 Å². The Balaban J connectivity index is 2.11. The maximum absolute atomic E-state index is 13.9. The molecule has 5 nitrogen and oxygen atoms in total. The molecule has 9 heteroatoms. The smallest absolute Gasteiger partial charge is 0.387 e. The minimum atomic E-state index is -3.21. The Labute approximate surface area is 130 Å². The van der Waals surface area contributed by atoms with Gasteiger partial charge in [-0.3, -0.25) is 9.69 Å². The molecule has 128 valence electrons. The van der Waals surface area contributed by atoms with Crippen molar-refractivity contribution < 1.29 is 32.2 Å². The van der Waals surface area contributed by atoms with E-state index in [9.17, 15) is 22.4 Å². The van der Waals surface area contributed by atoms with Crippen molar-refractivity contribution in [3.63, 3.8) is 0 Å². The molecule has 1 fully saturated rings. The van der Waals surface area contributed by atoms with Crippen LogP contribution in [-0.4, -0.2) is 66.8 Å². The highest BCUT2D eigenvalue weighted by Crippen LogP contribution is 2.23. The van der Waals surface area contributed by atoms with Crippen molar-refractivity contribution in [2.24, 2.45) is 0 Å². The lowest BCUT2D eigenvalue weighted by Crippen LogP contribution is -2.49. The lowest BCUT2D eigenvalue weighted by Gasteiger charge is -2.34. The SMILES string of the molecule is O=C(c1c(F)cc(OC(F)F)cc1F)N1CCN(CCO)CC1. The van der Waals surface area contributed by atoms with Gasteiger partial charge in [-0.1, -0.05) is 0 Å². The number of piperazine rings is 1. The van der Waals surface area contributed by atoms with Crippen LogP contribution in [0.1, 0.15) is 10.4 Å². The van der Waals surface area contributed by atoms with Gasteiger partial charge in [-0.25, -0.2) is 8.78 Å². The molecule has 1 aliphatic rings. The Kier molecular flexibility index (Phi) is 5.78. The number of aliphatic hydroxyl groups excluding tert-OH is 1. The van der Waals surface area contributed by atoms with E-state index in [0.717, 1.165) is 0 Å². The maximum atomic E-state index is 13.9. The standard InChI is InChI=1S/C14H16F4N2O3/c15-10-7-9(23-14(17)18)8-11(16)12(10)13(22)20-3-1-19(2-4-20)5-6-21/h7-8,14,21H,1-6H2. The summed E-state index contributed by atoms with van der Waals surface area (Å²) in [5.41, 5.74) is -0.790. The van der Waals surface area contributed by atoms with E-state index in [4.69, 9.17) is 5.11 Å². The second kappa shape index (κ2) is 7.60. The highest BCUT2D eigenvalue weighted by atomic mass is 19.3. The van der Waals surface area contributed by atoms with Crippen LogP contribution in [0.5, 0.6) is 5.75 Å². The zero-order valence-corrected chi connectivity index (χ0v) is 12.1. The van der Waals surface area contributed by atoms with Gasteiger partial charge in [-0.05, 0) is 0 Å². The van der Waals surface area contributed by atoms with E-state index in [1.165, 1.54) is 4.90 Å². The molecule has 0 aliphatic carbocycles. The maximum Gasteiger partial charge on any atom is 0.387 e. The molecule has 0 unspecified atom stereocenters. The molecular weight excluding hydrogens is 320 g/mol. The van der Waals surface area contributed by atoms with E-state index in [0.29, 0.717) is 31.8 Å². The van der Waals surface area contributed by atoms with Gasteiger partial charge >= 0.3 is 6.61 Å². The quantitative estimate of drug-likeness (QED) is 0.824. The number of nitrogens with zero attached hydrogens (tertiary/aromatic N) is 2. The summed E-state index contributed by atoms with van der Waals surface area (Å²) in [6, 6.07) is 1.12. The molecule has 2 rings (SSSR count). The fraction of sp³-hybridized carbons (Fsp3) is 0.500. The van der Waals surface area contributed by atoms with Crippen LogP contribution in [0.3, 0.4) is 0 Å². The summed E-state index contributed by atoms with van der Waals surface area (Å²) < 4.78 is 55.9. The van der Waals surface area contributed by atoms with Crippen LogP contribution >= 0.6 is 0 Å². The molecule has 23 heavy (non-hydrogen) atoms. The molecule has 0 saturated carbocycles. The molecule has 0 bridgehead atoms. The van der Waals surface area contributed by atoms with Gasteiger partial charge in [0.2, 0.25) is 0 Å². The minimum Gasteiger partial charge on any atom is -0.435 e. The van der Waals surface area contributed by atoms with Crippen molar-refractivity contribution in [3.05, 3.63) is 29.3 Å². The third-order valence-corrected chi connectivity index (χ3v) is 3.53. The summed E-state index contributed by atoms with van der Waals surface area (Å²) in [7, 11) is 0. The predicted molar refractivity (Wildman–Crippen MR) is 72.4 cm³/mol. The summed E-state index contributed by atoms with van der Waals surface area (Å²) in [5, 5.41) is 8.85. The summed E-state index contributed by atoms with van der Waals surface area (Å²) in [6.07, 6.45) is 0. The number of benzene rings is 1. The molecule has 1 saturated heterocycles. The van der Waals surface area contributed by atoms with E-state index >= 15 is 0 Å². The largest absolute Gasteiger partial charge is 0.435 e. The van der Waals surface area contributed by atoms with E-state index < -0.39 is 35.5 Å². The molecule has 1 heterocycles. The number of aliphatic hydroxyl groups is 1. The number of halogens is 4. The van der Waals surface area contributed by atoms with E-state index in [-0.39, 0.29) is 19.7 Å². The number of rotatable bonds is 5. The topological polar surface area (TPSA) is 53.0 Å². The first kappa shape index (κ1) is 17.5. The van der Waals surface area contributed by atoms with Crippen LogP contribution in [0.15, 0.2) is 12.1 Å². The first-order valence-corrected chi connectivity index (χ1v) is 6.98. The molecule has 0 spiro atoms. The Morgan fingerprint density at radius 2 is 1.74 bits per heavy atom. The van der Waals surface area contributed by atoms with Crippen LogP contribution in [0.4, 0.5) is 17.6 Å². The summed E-state index contributed by atoms with van der Waals surface area (Å²) in [5.74, 6) is -4.02. The fourth-order valence-corrected chi connectivity index (χ4v) is 2.40. The molecule has 0 radical (unpaired) electrons. The van der Waals surface area contributed by atoms with Crippen molar-refractivity contribution >= 4 is 5.91 Å². The highest BCUT2D eigenvalue weighted by molar-refractivity contribution is 5.95. The molecule has 1 amide bonds. The molecule has 1 aromatic carbocycles. The molecular formula is C14H16F4N2O3. The van der Waals surface area contributed by atoms with Gasteiger partial charge in [-0.15, -0.1) is 0 Å². The highest BCUT2D eigenvalue weighted by Gasteiger charge is 2.27. The average Bonchev–Trinajstić information content (AvgIpc) is 2.46. The van der Waals surface area contributed by atoms with Crippen LogP contribution in [0.25, 0.3) is 0 Å². The van der Waals surface area contributed by atoms with Gasteiger partial charge in [0.25, 0.3) is 5.91 Å². The number of carbonyl (C=O) groups is 1. The van der Waals surface area contributed by atoms with Crippen molar-refractivity contribution in [1.82, 2.24) is 9.80 Å². The lowest BCUT2D eigenvalue weighted by molar-refractivity contribution is -0.0501. The normalized spacial score (nSPS) is 16.0. The number of β-amino-alcohol motifs (C(OH)–C–C–N with tert-alkyl or cyclic N) is 1. The van der Waals surface area contributed by atoms with Crippen molar-refractivity contribution in [3.8, 4) is 5.75 Å². The zero-order chi connectivity index (χ0) is 17.0. The Hall–Kier alpha value is -1.87. The average molecular weight is 336 g/mol. The van der Waals surface area contributed by atoms with Gasteiger partial charge in [0, 0.05) is 44.9 Å². The van der Waals surface area contributed by atoms with Gasteiger partial charge in [0.1, 0.15) is 22.9 Å². The first-order chi connectivity index (χ1) is 10.9. The Morgan fingerprint density at radius 1 is 1.17 bits per heavy atom. The van der Waals surface area contributed by atoms with E-state index in [1.807, 2.05) is 4.90 Å². The monoisotopic (exact) mass is 336 g/mol. The van der Waals surface area contributed by atoms with Crippen LogP contribution in [0.2, 0.25) is 0 Å². The van der Waals surface area contributed by atoms with Crippen molar-refractivity contribution in [2.45, 2.75) is 6.61 Å². The van der Waals surface area contributed by atoms with Gasteiger partial charge in [0.05, 0.1) is 6.61 Å². The van der Waals surface area contributed by atoms with Crippen LogP contribution in [0, 0.1) is 11.6 Å². The zero-order valence-electron chi connectivity index (χ0n) is 12.1. The van der Waals surface area contributed by atoms with Crippen molar-refractivity contribution in [1.29, 1.82) is 0 Å². The van der Waals surface area contributed by atoms with E-state index in [2.05, 4.69) is 4.74 Å². The number of hydrogen-bond acceptors (Lipinski definition) is 4. The summed E-state index contributed by atoms with van der Waals surface area (Å²) in [6.45, 7) is -1.30. The minimum absolute atomic E-state index is 0.0111. The third kappa shape index (κ3) is 4.32. The number of carbonyl (C=O) groups excluding carboxylic acids is 1. The lowest BCUT2D eigenvalue weighted by atomic mass is 10.1. The molecule has 1 aromatic rings. The van der Waals surface area contributed by atoms with Crippen LogP contribution in [-0.2, 0) is 0 Å². The van der Waals surface area contributed by atoms with Crippen molar-refractivity contribution in [2.75, 3.05) is 39.3 Å². The molecule has 1 N–H and O–H groups in total. The van der Waals surface area contributed by atoms with E-state index in [1.54, 1.807) is 0 Å². The Morgan fingerprint density at radius 3 is 2.22 bits per heavy atom. The van der Waals surface area contributed by atoms with Gasteiger partial charge in [-0.2, -0.15) is 8.78 Å². The Bertz CT molecular complexity index is 540. The first-order valence-electron chi connectivity index (χ1n) is 6.98. The molecule has 0 atom stereocenters. The molecule has 1 aliphatic heterocycles. The number of ether oxygens (including phenoxy) is 1. The predicted octanol–water partition coefficient (Wildman–Crippen LogP) is 1.32. The second-order valence-electron chi connectivity index (χ2n) is 5.00. The third-order valence-electron chi connectivity index (χ3n) is 3.53. The number of amides is 1. The number of hydrogen-bond donors (Lipinski definition) is 1. The second-order valence-corrected chi connectivity index (χ2v) is 5.00. The number of alkyl halides is 2. The fourth-order valence-electron chi connectivity index (χ4n) is 2.40. The van der Waals surface area contributed by atoms with Crippen LogP contribution < -0.4 is 4.74 Å².